The molecule has 0 radical (unpaired) electrons. The van der Waals surface area contributed by atoms with Gasteiger partial charge in [-0.05, 0) is 55.5 Å². The molecule has 2 N–H and O–H groups in total. The molecule has 3 aromatic rings. The molecule has 0 aliphatic rings. The largest absolute Gasteiger partial charge is 0.345 e. The van der Waals surface area contributed by atoms with Crippen molar-refractivity contribution in [3.05, 3.63) is 94.3 Å². The standard InChI is InChI=1S/C21H16ClF3N2O3S/c1-12(17-8-5-15(24)11-19(17)25)26-21(28)13-2-9-18(22)20(10-13)27-31(29,30)16-6-3-14(23)4-7-16/h2-12,27H,1H3,(H,26,28). The van der Waals surface area contributed by atoms with Crippen molar-refractivity contribution in [1.82, 2.24) is 5.32 Å². The highest BCUT2D eigenvalue weighted by molar-refractivity contribution is 7.92. The van der Waals surface area contributed by atoms with Crippen LogP contribution in [0.1, 0.15) is 28.9 Å². The van der Waals surface area contributed by atoms with Crippen LogP contribution >= 0.6 is 11.6 Å². The van der Waals surface area contributed by atoms with Gasteiger partial charge in [0.2, 0.25) is 0 Å². The van der Waals surface area contributed by atoms with Crippen LogP contribution in [-0.4, -0.2) is 14.3 Å². The van der Waals surface area contributed by atoms with Crippen LogP contribution < -0.4 is 10.0 Å². The molecule has 0 spiro atoms. The van der Waals surface area contributed by atoms with Gasteiger partial charge in [0.05, 0.1) is 21.6 Å². The van der Waals surface area contributed by atoms with Crippen molar-refractivity contribution < 1.29 is 26.4 Å². The van der Waals surface area contributed by atoms with Crippen LogP contribution in [-0.2, 0) is 10.0 Å². The Bertz CT molecular complexity index is 1240. The zero-order valence-corrected chi connectivity index (χ0v) is 17.6. The molecule has 0 fully saturated rings. The summed E-state index contributed by atoms with van der Waals surface area (Å²) in [4.78, 5) is 12.4. The Morgan fingerprint density at radius 1 is 0.935 bits per heavy atom. The van der Waals surface area contributed by atoms with Crippen molar-refractivity contribution in [2.45, 2.75) is 17.9 Å². The maximum Gasteiger partial charge on any atom is 0.261 e. The van der Waals surface area contributed by atoms with Crippen molar-refractivity contribution in [2.75, 3.05) is 4.72 Å². The molecule has 1 atom stereocenters. The number of nitrogens with one attached hydrogen (secondary N) is 2. The molecule has 0 saturated carbocycles. The third kappa shape index (κ3) is 5.36. The van der Waals surface area contributed by atoms with E-state index in [1.54, 1.807) is 0 Å². The molecule has 0 bridgehead atoms. The second-order valence-corrected chi connectivity index (χ2v) is 8.70. The molecule has 1 amide bonds. The normalized spacial score (nSPS) is 12.3. The van der Waals surface area contributed by atoms with E-state index in [9.17, 15) is 26.4 Å². The number of anilines is 1. The van der Waals surface area contributed by atoms with Gasteiger partial charge in [0.15, 0.2) is 0 Å². The molecule has 31 heavy (non-hydrogen) atoms. The number of carbonyl (C=O) groups excluding carboxylic acids is 1. The molecule has 0 aliphatic carbocycles. The number of amides is 1. The zero-order chi connectivity index (χ0) is 22.8. The molecule has 0 aromatic heterocycles. The summed E-state index contributed by atoms with van der Waals surface area (Å²) in [5.74, 6) is -2.77. The van der Waals surface area contributed by atoms with Crippen molar-refractivity contribution in [3.8, 4) is 0 Å². The third-order valence-electron chi connectivity index (χ3n) is 4.37. The lowest BCUT2D eigenvalue weighted by molar-refractivity contribution is 0.0939. The number of hydrogen-bond donors (Lipinski definition) is 2. The number of rotatable bonds is 6. The van der Waals surface area contributed by atoms with E-state index in [1.807, 2.05) is 0 Å². The summed E-state index contributed by atoms with van der Waals surface area (Å²) in [6, 6.07) is 10.3. The number of hydrogen-bond acceptors (Lipinski definition) is 3. The maximum absolute atomic E-state index is 13.9. The minimum absolute atomic E-state index is 0.0277. The summed E-state index contributed by atoms with van der Waals surface area (Å²) >= 11 is 6.05. The van der Waals surface area contributed by atoms with Gasteiger partial charge in [0.25, 0.3) is 15.9 Å². The quantitative estimate of drug-likeness (QED) is 0.531. The van der Waals surface area contributed by atoms with E-state index in [4.69, 9.17) is 11.6 Å². The molecule has 162 valence electrons. The van der Waals surface area contributed by atoms with Gasteiger partial charge in [-0.3, -0.25) is 9.52 Å². The van der Waals surface area contributed by atoms with E-state index < -0.39 is 39.4 Å². The molecule has 3 rings (SSSR count). The van der Waals surface area contributed by atoms with Gasteiger partial charge in [0.1, 0.15) is 17.5 Å². The minimum Gasteiger partial charge on any atom is -0.345 e. The molecule has 0 heterocycles. The summed E-state index contributed by atoms with van der Waals surface area (Å²) in [6.07, 6.45) is 0. The predicted molar refractivity (Wildman–Crippen MR) is 111 cm³/mol. The lowest BCUT2D eigenvalue weighted by Gasteiger charge is -2.16. The fraction of sp³-hybridized carbons (Fsp3) is 0.0952. The first-order valence-corrected chi connectivity index (χ1v) is 10.8. The molecule has 1 unspecified atom stereocenters. The van der Waals surface area contributed by atoms with Crippen LogP contribution in [0.3, 0.4) is 0 Å². The number of benzene rings is 3. The first kappa shape index (κ1) is 22.6. The topological polar surface area (TPSA) is 75.3 Å². The summed E-state index contributed by atoms with van der Waals surface area (Å²) in [5, 5.41) is 2.58. The minimum atomic E-state index is -4.09. The first-order chi connectivity index (χ1) is 14.6. The average Bonchev–Trinajstić information content (AvgIpc) is 2.69. The molecule has 0 aliphatic heterocycles. The molecule has 0 saturated heterocycles. The Kier molecular flexibility index (Phi) is 6.56. The van der Waals surface area contributed by atoms with Crippen molar-refractivity contribution in [3.63, 3.8) is 0 Å². The van der Waals surface area contributed by atoms with Gasteiger partial charge in [0, 0.05) is 17.2 Å². The maximum atomic E-state index is 13.9. The Balaban J connectivity index is 1.81. The fourth-order valence-electron chi connectivity index (χ4n) is 2.77. The highest BCUT2D eigenvalue weighted by Gasteiger charge is 2.19. The summed E-state index contributed by atoms with van der Waals surface area (Å²) in [5.41, 5.74) is 0.0655. The van der Waals surface area contributed by atoms with Crippen LogP contribution in [0.4, 0.5) is 18.9 Å². The van der Waals surface area contributed by atoms with Gasteiger partial charge in [-0.1, -0.05) is 17.7 Å². The van der Waals surface area contributed by atoms with Crippen molar-refractivity contribution >= 4 is 33.2 Å². The predicted octanol–water partition coefficient (Wildman–Crippen LogP) is 5.05. The first-order valence-electron chi connectivity index (χ1n) is 8.90. The number of sulfonamides is 1. The highest BCUT2D eigenvalue weighted by Crippen LogP contribution is 2.27. The van der Waals surface area contributed by atoms with Gasteiger partial charge in [-0.2, -0.15) is 0 Å². The van der Waals surface area contributed by atoms with Crippen LogP contribution in [0.2, 0.25) is 5.02 Å². The Morgan fingerprint density at radius 3 is 2.23 bits per heavy atom. The second-order valence-electron chi connectivity index (χ2n) is 6.62. The van der Waals surface area contributed by atoms with Crippen LogP contribution in [0.25, 0.3) is 0 Å². The molecular weight excluding hydrogens is 453 g/mol. The Hall–Kier alpha value is -3.04. The summed E-state index contributed by atoms with van der Waals surface area (Å²) in [6.45, 7) is 1.52. The second kappa shape index (κ2) is 8.99. The van der Waals surface area contributed by atoms with Gasteiger partial charge in [-0.15, -0.1) is 0 Å². The van der Waals surface area contributed by atoms with Gasteiger partial charge in [-0.25, -0.2) is 21.6 Å². The van der Waals surface area contributed by atoms with Gasteiger partial charge >= 0.3 is 0 Å². The van der Waals surface area contributed by atoms with E-state index in [-0.39, 0.29) is 26.7 Å². The molecule has 10 heteroatoms. The van der Waals surface area contributed by atoms with E-state index >= 15 is 0 Å². The molecular formula is C21H16ClF3N2O3S. The highest BCUT2D eigenvalue weighted by atomic mass is 35.5. The van der Waals surface area contributed by atoms with Gasteiger partial charge < -0.3 is 5.32 Å². The van der Waals surface area contributed by atoms with Crippen LogP contribution in [0.5, 0.6) is 0 Å². The number of carbonyl (C=O) groups is 1. The van der Waals surface area contributed by atoms with E-state index in [0.717, 1.165) is 30.3 Å². The molecule has 3 aromatic carbocycles. The van der Waals surface area contributed by atoms with E-state index in [1.165, 1.54) is 31.2 Å². The van der Waals surface area contributed by atoms with Crippen molar-refractivity contribution in [1.29, 1.82) is 0 Å². The lowest BCUT2D eigenvalue weighted by Crippen LogP contribution is -2.27. The van der Waals surface area contributed by atoms with E-state index in [2.05, 4.69) is 10.0 Å². The Morgan fingerprint density at radius 2 is 1.58 bits per heavy atom. The Labute approximate surface area is 181 Å². The number of halogens is 4. The SMILES string of the molecule is CC(NC(=O)c1ccc(Cl)c(NS(=O)(=O)c2ccc(F)cc2)c1)c1ccc(F)cc1F. The zero-order valence-electron chi connectivity index (χ0n) is 16.0. The summed E-state index contributed by atoms with van der Waals surface area (Å²) < 4.78 is 67.3. The molecule has 5 nitrogen and oxygen atoms in total. The van der Waals surface area contributed by atoms with Crippen LogP contribution in [0.15, 0.2) is 65.6 Å². The summed E-state index contributed by atoms with van der Waals surface area (Å²) in [7, 11) is -4.09. The fourth-order valence-corrected chi connectivity index (χ4v) is 4.06. The smallest absolute Gasteiger partial charge is 0.261 e. The van der Waals surface area contributed by atoms with E-state index in [0.29, 0.717) is 6.07 Å². The monoisotopic (exact) mass is 468 g/mol. The lowest BCUT2D eigenvalue weighted by atomic mass is 10.1. The van der Waals surface area contributed by atoms with Crippen LogP contribution in [0, 0.1) is 17.5 Å². The average molecular weight is 469 g/mol. The van der Waals surface area contributed by atoms with Crippen molar-refractivity contribution in [2.24, 2.45) is 0 Å². The third-order valence-corrected chi connectivity index (χ3v) is 6.08.